The third kappa shape index (κ3) is 10.2. The molecular formula is C42H55N5O9S. The molecule has 3 N–H and O–H groups in total. The van der Waals surface area contributed by atoms with Crippen LogP contribution in [0.1, 0.15) is 74.1 Å². The number of methoxy groups -OCH3 is 1. The van der Waals surface area contributed by atoms with Gasteiger partial charge >= 0.3 is 6.09 Å². The van der Waals surface area contributed by atoms with Crippen LogP contribution < -0.4 is 24.8 Å². The first kappa shape index (κ1) is 43.0. The molecule has 0 spiro atoms. The van der Waals surface area contributed by atoms with Crippen molar-refractivity contribution in [2.24, 2.45) is 11.3 Å². The molecule has 14 nitrogen and oxygen atoms in total. The van der Waals surface area contributed by atoms with Crippen molar-refractivity contribution in [1.82, 2.24) is 25.2 Å². The van der Waals surface area contributed by atoms with Crippen LogP contribution >= 0.6 is 0 Å². The average Bonchev–Trinajstić information content (AvgIpc) is 3.70. The van der Waals surface area contributed by atoms with E-state index in [-0.39, 0.29) is 25.1 Å². The Kier molecular flexibility index (Phi) is 12.6. The van der Waals surface area contributed by atoms with E-state index in [0.717, 1.165) is 5.56 Å². The van der Waals surface area contributed by atoms with Crippen LogP contribution in [0.25, 0.3) is 22.2 Å². The molecule has 0 bridgehead atoms. The van der Waals surface area contributed by atoms with Crippen LogP contribution in [-0.2, 0) is 29.1 Å². The Morgan fingerprint density at radius 3 is 2.35 bits per heavy atom. The monoisotopic (exact) mass is 805 g/mol. The van der Waals surface area contributed by atoms with Crippen molar-refractivity contribution in [1.29, 1.82) is 0 Å². The molecule has 1 aromatic heterocycles. The van der Waals surface area contributed by atoms with Crippen molar-refractivity contribution >= 4 is 44.7 Å². The smallest absolute Gasteiger partial charge is 0.408 e. The molecule has 308 valence electrons. The molecule has 4 amide bonds. The number of nitrogens with one attached hydrogen (secondary N) is 3. The van der Waals surface area contributed by atoms with Gasteiger partial charge in [-0.1, -0.05) is 70.5 Å². The lowest BCUT2D eigenvalue weighted by atomic mass is 9.85. The highest BCUT2D eigenvalue weighted by atomic mass is 32.2. The van der Waals surface area contributed by atoms with E-state index in [2.05, 4.69) is 21.9 Å². The summed E-state index contributed by atoms with van der Waals surface area (Å²) in [6.45, 7) is 16.0. The Morgan fingerprint density at radius 1 is 1.05 bits per heavy atom. The van der Waals surface area contributed by atoms with Gasteiger partial charge in [0, 0.05) is 35.4 Å². The highest BCUT2D eigenvalue weighted by molar-refractivity contribution is 7.90. The van der Waals surface area contributed by atoms with Gasteiger partial charge in [0.15, 0.2) is 0 Å². The standard InChI is InChI=1S/C42H55N5O9S/c1-10-12-20-57(52,53)46-38(50)42(24-27(42)11-2)45-36(48)33-22-29(25-47(33)37(49)35(40(3,4)5)44-39(51)56-41(6,7)8)55-34-23-31(26-16-14-13-15-17-26)43-32-21-28(54-9)18-19-30(32)34/h11,13-19,21,23,27,29,33,35H,2,10,12,20,22,24-25H2,1,3-9H3,(H,44,51)(H,45,48)(H,46,50). The van der Waals surface area contributed by atoms with E-state index in [9.17, 15) is 27.6 Å². The maximum Gasteiger partial charge on any atom is 0.408 e. The zero-order chi connectivity index (χ0) is 41.9. The van der Waals surface area contributed by atoms with Crippen molar-refractivity contribution in [2.75, 3.05) is 19.4 Å². The number of hydrogen-bond acceptors (Lipinski definition) is 10. The number of hydrogen-bond donors (Lipinski definition) is 3. The minimum Gasteiger partial charge on any atom is -0.497 e. The lowest BCUT2D eigenvalue weighted by molar-refractivity contribution is -0.143. The second kappa shape index (κ2) is 16.7. The van der Waals surface area contributed by atoms with Crippen LogP contribution in [0.3, 0.4) is 0 Å². The Balaban J connectivity index is 1.51. The van der Waals surface area contributed by atoms with E-state index in [0.29, 0.717) is 40.9 Å². The molecule has 2 aromatic carbocycles. The Labute approximate surface area is 335 Å². The minimum atomic E-state index is -3.97. The molecule has 2 aliphatic rings. The average molecular weight is 806 g/mol. The van der Waals surface area contributed by atoms with Gasteiger partial charge in [-0.15, -0.1) is 6.58 Å². The summed E-state index contributed by atoms with van der Waals surface area (Å²) < 4.78 is 45.3. The van der Waals surface area contributed by atoms with E-state index < -0.39 is 74.5 Å². The van der Waals surface area contributed by atoms with Gasteiger partial charge in [0.05, 0.1) is 30.6 Å². The first-order valence-electron chi connectivity index (χ1n) is 19.2. The fourth-order valence-corrected chi connectivity index (χ4v) is 8.14. The van der Waals surface area contributed by atoms with Gasteiger partial charge < -0.3 is 29.7 Å². The first-order chi connectivity index (χ1) is 26.7. The maximum absolute atomic E-state index is 14.7. The number of pyridine rings is 1. The highest BCUT2D eigenvalue weighted by Crippen LogP contribution is 2.45. The Bertz CT molecular complexity index is 2110. The fraction of sp³-hybridized carbons (Fsp3) is 0.500. The number of benzene rings is 2. The predicted molar refractivity (Wildman–Crippen MR) is 217 cm³/mol. The number of ether oxygens (including phenoxy) is 3. The summed E-state index contributed by atoms with van der Waals surface area (Å²) in [5.74, 6) is -1.85. The van der Waals surface area contributed by atoms with Crippen LogP contribution in [0.5, 0.6) is 11.5 Å². The summed E-state index contributed by atoms with van der Waals surface area (Å²) in [7, 11) is -2.41. The summed E-state index contributed by atoms with van der Waals surface area (Å²) in [5, 5.41) is 6.20. The molecule has 3 aromatic rings. The maximum atomic E-state index is 14.7. The quantitative estimate of drug-likeness (QED) is 0.176. The number of fused-ring (bicyclic) bond motifs is 1. The zero-order valence-electron chi connectivity index (χ0n) is 34.0. The normalized spacial score (nSPS) is 21.3. The lowest BCUT2D eigenvalue weighted by Crippen LogP contribution is -2.60. The third-order valence-electron chi connectivity index (χ3n) is 10.0. The number of aromatic nitrogens is 1. The number of alkyl carbamates (subject to hydrolysis) is 1. The van der Waals surface area contributed by atoms with E-state index in [1.54, 1.807) is 60.8 Å². The summed E-state index contributed by atoms with van der Waals surface area (Å²) in [4.78, 5) is 62.0. The van der Waals surface area contributed by atoms with Crippen molar-refractivity contribution in [3.05, 3.63) is 67.3 Å². The second-order valence-electron chi connectivity index (χ2n) is 16.8. The number of nitrogens with zero attached hydrogens (tertiary/aromatic N) is 2. The Morgan fingerprint density at radius 2 is 1.75 bits per heavy atom. The summed E-state index contributed by atoms with van der Waals surface area (Å²) in [6, 6.07) is 14.5. The molecule has 1 saturated carbocycles. The third-order valence-corrected chi connectivity index (χ3v) is 11.4. The summed E-state index contributed by atoms with van der Waals surface area (Å²) >= 11 is 0. The van der Waals surface area contributed by atoms with E-state index in [1.165, 1.54) is 11.0 Å². The SMILES string of the molecule is C=CC1CC1(NC(=O)C1CC(Oc2cc(-c3ccccc3)nc3cc(OC)ccc23)CN1C(=O)C(NC(=O)OC(C)(C)C)C(C)(C)C)C(=O)NS(=O)(=O)CCCC. The van der Waals surface area contributed by atoms with Crippen molar-refractivity contribution in [3.8, 4) is 22.8 Å². The topological polar surface area (TPSA) is 182 Å². The van der Waals surface area contributed by atoms with Gasteiger partial charge in [0.1, 0.15) is 40.8 Å². The summed E-state index contributed by atoms with van der Waals surface area (Å²) in [6.07, 6.45) is 1.04. The van der Waals surface area contributed by atoms with Crippen LogP contribution in [0.15, 0.2) is 67.3 Å². The molecular weight excluding hydrogens is 751 g/mol. The van der Waals surface area contributed by atoms with Gasteiger partial charge in [-0.3, -0.25) is 19.1 Å². The van der Waals surface area contributed by atoms with Crippen molar-refractivity contribution < 1.29 is 41.8 Å². The van der Waals surface area contributed by atoms with Gasteiger partial charge in [-0.05, 0) is 51.2 Å². The van der Waals surface area contributed by atoms with Crippen LogP contribution in [0.2, 0.25) is 0 Å². The Hall–Kier alpha value is -5.18. The van der Waals surface area contributed by atoms with E-state index >= 15 is 0 Å². The van der Waals surface area contributed by atoms with E-state index in [1.807, 2.05) is 49.4 Å². The molecule has 2 fully saturated rings. The fourth-order valence-electron chi connectivity index (χ4n) is 6.91. The molecule has 5 atom stereocenters. The van der Waals surface area contributed by atoms with E-state index in [4.69, 9.17) is 19.2 Å². The molecule has 2 heterocycles. The lowest BCUT2D eigenvalue weighted by Gasteiger charge is -2.36. The number of amides is 4. The van der Waals surface area contributed by atoms with Crippen molar-refractivity contribution in [2.45, 2.75) is 103 Å². The number of likely N-dealkylation sites (tertiary alicyclic amines) is 1. The first-order valence-corrected chi connectivity index (χ1v) is 20.9. The number of carbonyl (C=O) groups is 4. The largest absolute Gasteiger partial charge is 0.497 e. The van der Waals surface area contributed by atoms with Gasteiger partial charge in [0.2, 0.25) is 21.8 Å². The van der Waals surface area contributed by atoms with Gasteiger partial charge in [0.25, 0.3) is 5.91 Å². The minimum absolute atomic E-state index is 0.00671. The zero-order valence-corrected chi connectivity index (χ0v) is 34.8. The summed E-state index contributed by atoms with van der Waals surface area (Å²) in [5.41, 5.74) is -1.19. The molecule has 15 heteroatoms. The molecule has 5 unspecified atom stereocenters. The predicted octanol–water partition coefficient (Wildman–Crippen LogP) is 5.51. The number of carbonyl (C=O) groups excluding carboxylic acids is 4. The van der Waals surface area contributed by atoms with Crippen molar-refractivity contribution in [3.63, 3.8) is 0 Å². The second-order valence-corrected chi connectivity index (χ2v) is 18.6. The molecule has 57 heavy (non-hydrogen) atoms. The number of sulfonamides is 1. The molecule has 1 saturated heterocycles. The van der Waals surface area contributed by atoms with Crippen LogP contribution in [0.4, 0.5) is 4.79 Å². The molecule has 1 aliphatic carbocycles. The number of rotatable bonds is 14. The van der Waals surface area contributed by atoms with Crippen LogP contribution in [-0.4, -0.2) is 90.9 Å². The van der Waals surface area contributed by atoms with Crippen LogP contribution in [0, 0.1) is 11.3 Å². The highest BCUT2D eigenvalue weighted by Gasteiger charge is 2.61. The van der Waals surface area contributed by atoms with Gasteiger partial charge in [-0.25, -0.2) is 18.2 Å². The molecule has 1 aliphatic heterocycles. The van der Waals surface area contributed by atoms with Gasteiger partial charge in [-0.2, -0.15) is 0 Å². The molecule has 5 rings (SSSR count). The molecule has 0 radical (unpaired) electrons. The number of unbranched alkanes of at least 4 members (excludes halogenated alkanes) is 1.